The van der Waals surface area contributed by atoms with E-state index in [1.54, 1.807) is 0 Å². The van der Waals surface area contributed by atoms with Crippen molar-refractivity contribution in [3.05, 3.63) is 0 Å². The molecule has 2 aliphatic rings. The molecule has 0 bridgehead atoms. The standard InChI is InChI=1S/C13H22O2/c1-12(2,3)15-11(14)10-9-13(10)7-5-4-6-8-13/h10H,4-9H2,1-3H3. The van der Waals surface area contributed by atoms with Crippen molar-refractivity contribution in [3.8, 4) is 0 Å². The van der Waals surface area contributed by atoms with E-state index in [-0.39, 0.29) is 17.5 Å². The molecule has 0 saturated heterocycles. The lowest BCUT2D eigenvalue weighted by molar-refractivity contribution is -0.157. The highest BCUT2D eigenvalue weighted by atomic mass is 16.6. The van der Waals surface area contributed by atoms with Gasteiger partial charge < -0.3 is 4.74 Å². The zero-order chi connectivity index (χ0) is 11.1. The Bertz CT molecular complexity index is 256. The quantitative estimate of drug-likeness (QED) is 0.621. The fourth-order valence-electron chi connectivity index (χ4n) is 2.86. The van der Waals surface area contributed by atoms with E-state index in [9.17, 15) is 4.79 Å². The third kappa shape index (κ3) is 2.35. The average Bonchev–Trinajstić information content (AvgIpc) is 2.78. The van der Waals surface area contributed by atoms with Crippen LogP contribution in [0.4, 0.5) is 0 Å². The van der Waals surface area contributed by atoms with E-state index in [1.807, 2.05) is 20.8 Å². The third-order valence-electron chi connectivity index (χ3n) is 3.73. The number of carbonyl (C=O) groups excluding carboxylic acids is 1. The third-order valence-corrected chi connectivity index (χ3v) is 3.73. The molecule has 0 N–H and O–H groups in total. The van der Waals surface area contributed by atoms with Crippen LogP contribution in [0.15, 0.2) is 0 Å². The van der Waals surface area contributed by atoms with Crippen LogP contribution in [0.2, 0.25) is 0 Å². The normalized spacial score (nSPS) is 28.9. The van der Waals surface area contributed by atoms with Crippen molar-refractivity contribution < 1.29 is 9.53 Å². The molecule has 2 rings (SSSR count). The highest BCUT2D eigenvalue weighted by molar-refractivity contribution is 5.77. The lowest BCUT2D eigenvalue weighted by Gasteiger charge is -2.24. The molecule has 0 aromatic rings. The van der Waals surface area contributed by atoms with Gasteiger partial charge in [0.2, 0.25) is 0 Å². The maximum atomic E-state index is 11.9. The summed E-state index contributed by atoms with van der Waals surface area (Å²) < 4.78 is 5.45. The molecule has 0 radical (unpaired) electrons. The van der Waals surface area contributed by atoms with Gasteiger partial charge in [-0.1, -0.05) is 19.3 Å². The highest BCUT2D eigenvalue weighted by Crippen LogP contribution is 2.61. The minimum atomic E-state index is -0.324. The number of rotatable bonds is 1. The summed E-state index contributed by atoms with van der Waals surface area (Å²) >= 11 is 0. The molecule has 0 heterocycles. The van der Waals surface area contributed by atoms with Crippen LogP contribution < -0.4 is 0 Å². The SMILES string of the molecule is CC(C)(C)OC(=O)C1CC12CCCCC2. The number of esters is 1. The first kappa shape index (κ1) is 11.0. The molecule has 2 saturated carbocycles. The van der Waals surface area contributed by atoms with E-state index in [0.29, 0.717) is 5.41 Å². The smallest absolute Gasteiger partial charge is 0.310 e. The number of hydrogen-bond acceptors (Lipinski definition) is 2. The van der Waals surface area contributed by atoms with Crippen molar-refractivity contribution in [2.24, 2.45) is 11.3 Å². The van der Waals surface area contributed by atoms with E-state index < -0.39 is 0 Å². The summed E-state index contributed by atoms with van der Waals surface area (Å²) in [6, 6.07) is 0. The largest absolute Gasteiger partial charge is 0.460 e. The second kappa shape index (κ2) is 3.50. The van der Waals surface area contributed by atoms with Crippen LogP contribution >= 0.6 is 0 Å². The molecule has 1 unspecified atom stereocenters. The van der Waals surface area contributed by atoms with Crippen LogP contribution in [0, 0.1) is 11.3 Å². The first-order chi connectivity index (χ1) is 6.93. The first-order valence-electron chi connectivity index (χ1n) is 6.16. The Hall–Kier alpha value is -0.530. The summed E-state index contributed by atoms with van der Waals surface area (Å²) in [4.78, 5) is 11.9. The molecular weight excluding hydrogens is 188 g/mol. The fraction of sp³-hybridized carbons (Fsp3) is 0.923. The van der Waals surface area contributed by atoms with Crippen LogP contribution in [0.3, 0.4) is 0 Å². The molecule has 2 fully saturated rings. The summed E-state index contributed by atoms with van der Waals surface area (Å²) in [7, 11) is 0. The monoisotopic (exact) mass is 210 g/mol. The molecule has 86 valence electrons. The Balaban J connectivity index is 1.89. The highest BCUT2D eigenvalue weighted by Gasteiger charge is 2.58. The zero-order valence-electron chi connectivity index (χ0n) is 10.1. The summed E-state index contributed by atoms with van der Waals surface area (Å²) in [5.41, 5.74) is 0.0378. The molecule has 0 amide bonds. The summed E-state index contributed by atoms with van der Waals surface area (Å²) in [6.45, 7) is 5.84. The fourth-order valence-corrected chi connectivity index (χ4v) is 2.86. The molecule has 1 spiro atoms. The van der Waals surface area contributed by atoms with Crippen LogP contribution in [0.5, 0.6) is 0 Å². The van der Waals surface area contributed by atoms with E-state index >= 15 is 0 Å². The molecule has 0 aromatic carbocycles. The molecule has 15 heavy (non-hydrogen) atoms. The number of carbonyl (C=O) groups is 1. The van der Waals surface area contributed by atoms with Gasteiger partial charge in [-0.15, -0.1) is 0 Å². The first-order valence-corrected chi connectivity index (χ1v) is 6.16. The van der Waals surface area contributed by atoms with Crippen molar-refractivity contribution in [3.63, 3.8) is 0 Å². The van der Waals surface area contributed by atoms with Gasteiger partial charge in [-0.25, -0.2) is 0 Å². The average molecular weight is 210 g/mol. The van der Waals surface area contributed by atoms with Crippen molar-refractivity contribution in [2.75, 3.05) is 0 Å². The van der Waals surface area contributed by atoms with Gasteiger partial charge in [0.25, 0.3) is 0 Å². The molecule has 2 heteroatoms. The van der Waals surface area contributed by atoms with Crippen LogP contribution in [0.1, 0.15) is 59.3 Å². The lowest BCUT2D eigenvalue weighted by Crippen LogP contribution is -2.26. The van der Waals surface area contributed by atoms with Gasteiger partial charge in [0.1, 0.15) is 5.60 Å². The maximum absolute atomic E-state index is 11.9. The predicted molar refractivity (Wildman–Crippen MR) is 59.5 cm³/mol. The van der Waals surface area contributed by atoms with E-state index in [1.165, 1.54) is 32.1 Å². The second-order valence-corrected chi connectivity index (χ2v) is 6.21. The van der Waals surface area contributed by atoms with Gasteiger partial charge in [-0.3, -0.25) is 4.79 Å². The van der Waals surface area contributed by atoms with Crippen LogP contribution in [-0.2, 0) is 9.53 Å². The van der Waals surface area contributed by atoms with Gasteiger partial charge in [-0.2, -0.15) is 0 Å². The minimum absolute atomic E-state index is 0.0457. The van der Waals surface area contributed by atoms with Crippen molar-refractivity contribution >= 4 is 5.97 Å². The Labute approximate surface area is 92.4 Å². The van der Waals surface area contributed by atoms with Crippen molar-refractivity contribution in [1.29, 1.82) is 0 Å². The zero-order valence-corrected chi connectivity index (χ0v) is 10.1. The second-order valence-electron chi connectivity index (χ2n) is 6.21. The minimum Gasteiger partial charge on any atom is -0.460 e. The van der Waals surface area contributed by atoms with Gasteiger partial charge in [0.15, 0.2) is 0 Å². The molecule has 1 atom stereocenters. The Morgan fingerprint density at radius 3 is 2.33 bits per heavy atom. The van der Waals surface area contributed by atoms with Crippen molar-refractivity contribution in [2.45, 2.75) is 64.9 Å². The van der Waals surface area contributed by atoms with Gasteiger partial charge in [0, 0.05) is 0 Å². The molecule has 2 nitrogen and oxygen atoms in total. The van der Waals surface area contributed by atoms with Crippen LogP contribution in [-0.4, -0.2) is 11.6 Å². The number of hydrogen-bond donors (Lipinski definition) is 0. The van der Waals surface area contributed by atoms with E-state index in [2.05, 4.69) is 0 Å². The van der Waals surface area contributed by atoms with Gasteiger partial charge in [-0.05, 0) is 45.4 Å². The molecule has 0 aliphatic heterocycles. The van der Waals surface area contributed by atoms with E-state index in [4.69, 9.17) is 4.74 Å². The Morgan fingerprint density at radius 1 is 1.20 bits per heavy atom. The molecule has 0 aromatic heterocycles. The van der Waals surface area contributed by atoms with Gasteiger partial charge in [0.05, 0.1) is 5.92 Å². The molecule has 2 aliphatic carbocycles. The Kier molecular flexibility index (Phi) is 2.56. The maximum Gasteiger partial charge on any atom is 0.310 e. The summed E-state index contributed by atoms with van der Waals surface area (Å²) in [5, 5.41) is 0. The van der Waals surface area contributed by atoms with Gasteiger partial charge >= 0.3 is 5.97 Å². The Morgan fingerprint density at radius 2 is 1.80 bits per heavy atom. The topological polar surface area (TPSA) is 26.3 Å². The summed E-state index contributed by atoms with van der Waals surface area (Å²) in [5.74, 6) is 0.265. The van der Waals surface area contributed by atoms with E-state index in [0.717, 1.165) is 6.42 Å². The lowest BCUT2D eigenvalue weighted by atomic mass is 9.84. The van der Waals surface area contributed by atoms with Crippen LogP contribution in [0.25, 0.3) is 0 Å². The number of ether oxygens (including phenoxy) is 1. The summed E-state index contributed by atoms with van der Waals surface area (Å²) in [6.07, 6.45) is 7.54. The predicted octanol–water partition coefficient (Wildman–Crippen LogP) is 3.30. The molecular formula is C13H22O2. The van der Waals surface area contributed by atoms with Crippen molar-refractivity contribution in [1.82, 2.24) is 0 Å².